The van der Waals surface area contributed by atoms with Crippen molar-refractivity contribution in [3.8, 4) is 16.9 Å². The van der Waals surface area contributed by atoms with Crippen molar-refractivity contribution in [1.82, 2.24) is 9.97 Å². The van der Waals surface area contributed by atoms with Gasteiger partial charge in [-0.05, 0) is 24.6 Å². The second-order valence-electron chi connectivity index (χ2n) is 3.26. The van der Waals surface area contributed by atoms with Crippen molar-refractivity contribution in [1.29, 1.82) is 0 Å². The fourth-order valence-electron chi connectivity index (χ4n) is 1.32. The Hall–Kier alpha value is -2.23. The largest absolute Gasteiger partial charge is 0.429 e. The van der Waals surface area contributed by atoms with Gasteiger partial charge in [-0.15, -0.1) is 0 Å². The Morgan fingerprint density at radius 2 is 1.69 bits per heavy atom. The van der Waals surface area contributed by atoms with Gasteiger partial charge in [0.15, 0.2) is 0 Å². The van der Waals surface area contributed by atoms with Crippen LogP contribution in [0.3, 0.4) is 0 Å². The molecule has 0 aliphatic carbocycles. The summed E-state index contributed by atoms with van der Waals surface area (Å²) in [5, 5.41) is 0. The number of rotatable bonds is 3. The molecule has 1 aromatic carbocycles. The third-order valence-electron chi connectivity index (χ3n) is 2.15. The summed E-state index contributed by atoms with van der Waals surface area (Å²) in [4.78, 5) is 18.4. The zero-order valence-corrected chi connectivity index (χ0v) is 8.75. The van der Waals surface area contributed by atoms with Gasteiger partial charge in [-0.2, -0.15) is 0 Å². The van der Waals surface area contributed by atoms with Gasteiger partial charge in [0, 0.05) is 18.0 Å². The summed E-state index contributed by atoms with van der Waals surface area (Å²) >= 11 is 0. The number of hydrogen-bond donors (Lipinski definition) is 0. The van der Waals surface area contributed by atoms with Crippen molar-refractivity contribution >= 4 is 6.47 Å². The van der Waals surface area contributed by atoms with Crippen molar-refractivity contribution in [3.05, 3.63) is 42.5 Å². The number of carbonyl (C=O) groups is 1. The molecule has 0 bridgehead atoms. The van der Waals surface area contributed by atoms with Crippen LogP contribution in [0.1, 0.15) is 5.82 Å². The highest BCUT2D eigenvalue weighted by Gasteiger charge is 1.99. The number of nitrogens with zero attached hydrogens (tertiary/aromatic N) is 2. The molecule has 4 nitrogen and oxygen atoms in total. The van der Waals surface area contributed by atoms with Gasteiger partial charge < -0.3 is 4.74 Å². The second-order valence-corrected chi connectivity index (χ2v) is 3.26. The van der Waals surface area contributed by atoms with E-state index in [2.05, 4.69) is 9.97 Å². The quantitative estimate of drug-likeness (QED) is 0.733. The third-order valence-corrected chi connectivity index (χ3v) is 2.15. The maximum atomic E-state index is 10.1. The maximum Gasteiger partial charge on any atom is 0.298 e. The van der Waals surface area contributed by atoms with Gasteiger partial charge in [0.05, 0.1) is 0 Å². The van der Waals surface area contributed by atoms with Crippen LogP contribution in [0, 0.1) is 6.92 Å². The highest BCUT2D eigenvalue weighted by Crippen LogP contribution is 2.20. The van der Waals surface area contributed by atoms with E-state index in [-0.39, 0.29) is 0 Å². The smallest absolute Gasteiger partial charge is 0.298 e. The molecule has 0 spiro atoms. The van der Waals surface area contributed by atoms with Gasteiger partial charge in [0.25, 0.3) is 6.47 Å². The first-order chi connectivity index (χ1) is 7.79. The molecule has 16 heavy (non-hydrogen) atoms. The molecule has 2 rings (SSSR count). The molecular formula is C12H10N2O2. The molecule has 80 valence electrons. The lowest BCUT2D eigenvalue weighted by molar-refractivity contribution is -0.120. The Morgan fingerprint density at radius 3 is 2.25 bits per heavy atom. The Morgan fingerprint density at radius 1 is 1.06 bits per heavy atom. The summed E-state index contributed by atoms with van der Waals surface area (Å²) < 4.78 is 4.70. The molecule has 0 radical (unpaired) electrons. The van der Waals surface area contributed by atoms with Crippen molar-refractivity contribution in [3.63, 3.8) is 0 Å². The summed E-state index contributed by atoms with van der Waals surface area (Å²) in [5.74, 6) is 1.26. The minimum atomic E-state index is 0.407. The predicted octanol–water partition coefficient (Wildman–Crippen LogP) is 1.99. The highest BCUT2D eigenvalue weighted by molar-refractivity contribution is 5.62. The molecule has 1 aromatic heterocycles. The summed E-state index contributed by atoms with van der Waals surface area (Å²) in [6.07, 6.45) is 3.52. The van der Waals surface area contributed by atoms with Crippen LogP contribution in [0.2, 0.25) is 0 Å². The van der Waals surface area contributed by atoms with E-state index in [9.17, 15) is 4.79 Å². The Bertz CT molecular complexity index is 477. The Labute approximate surface area is 92.9 Å². The third kappa shape index (κ3) is 2.23. The van der Waals surface area contributed by atoms with Crippen molar-refractivity contribution in [2.75, 3.05) is 0 Å². The predicted molar refractivity (Wildman–Crippen MR) is 58.9 cm³/mol. The molecular weight excluding hydrogens is 204 g/mol. The van der Waals surface area contributed by atoms with Crippen LogP contribution >= 0.6 is 0 Å². The van der Waals surface area contributed by atoms with Crippen LogP contribution in [-0.2, 0) is 4.79 Å². The summed E-state index contributed by atoms with van der Waals surface area (Å²) in [7, 11) is 0. The van der Waals surface area contributed by atoms with Gasteiger partial charge in [-0.3, -0.25) is 4.79 Å². The van der Waals surface area contributed by atoms with E-state index in [4.69, 9.17) is 4.74 Å². The van der Waals surface area contributed by atoms with Crippen molar-refractivity contribution in [2.24, 2.45) is 0 Å². The fraction of sp³-hybridized carbons (Fsp3) is 0.0833. The SMILES string of the molecule is Cc1ncc(-c2ccc(OC=O)cc2)cn1. The number of benzene rings is 1. The highest BCUT2D eigenvalue weighted by atomic mass is 16.5. The van der Waals surface area contributed by atoms with E-state index in [0.717, 1.165) is 17.0 Å². The number of hydrogen-bond acceptors (Lipinski definition) is 4. The normalized spacial score (nSPS) is 9.81. The van der Waals surface area contributed by atoms with E-state index in [1.807, 2.05) is 19.1 Å². The Kier molecular flexibility index (Phi) is 2.91. The van der Waals surface area contributed by atoms with Crippen LogP contribution in [0.15, 0.2) is 36.7 Å². The summed E-state index contributed by atoms with van der Waals surface area (Å²) in [6.45, 7) is 2.24. The Balaban J connectivity index is 2.27. The average molecular weight is 214 g/mol. The molecule has 2 aromatic rings. The summed E-state index contributed by atoms with van der Waals surface area (Å²) in [6, 6.07) is 7.16. The monoisotopic (exact) mass is 214 g/mol. The van der Waals surface area contributed by atoms with Crippen LogP contribution in [0.5, 0.6) is 5.75 Å². The maximum absolute atomic E-state index is 10.1. The van der Waals surface area contributed by atoms with Gasteiger partial charge in [0.1, 0.15) is 11.6 Å². The molecule has 0 atom stereocenters. The lowest BCUT2D eigenvalue weighted by Crippen LogP contribution is -1.89. The van der Waals surface area contributed by atoms with Gasteiger partial charge in [0.2, 0.25) is 0 Å². The molecule has 0 aliphatic rings. The van der Waals surface area contributed by atoms with Crippen LogP contribution in [0.25, 0.3) is 11.1 Å². The van der Waals surface area contributed by atoms with E-state index >= 15 is 0 Å². The number of carbonyl (C=O) groups excluding carboxylic acids is 1. The molecule has 1 heterocycles. The lowest BCUT2D eigenvalue weighted by atomic mass is 10.1. The first kappa shape index (κ1) is 10.3. The molecule has 0 fully saturated rings. The van der Waals surface area contributed by atoms with Crippen LogP contribution < -0.4 is 4.74 Å². The fourth-order valence-corrected chi connectivity index (χ4v) is 1.32. The standard InChI is InChI=1S/C12H10N2O2/c1-9-13-6-11(7-14-9)10-2-4-12(5-3-10)16-8-15/h2-8H,1H3. The zero-order chi connectivity index (χ0) is 11.4. The number of aromatic nitrogens is 2. The minimum Gasteiger partial charge on any atom is -0.429 e. The molecule has 0 unspecified atom stereocenters. The molecule has 0 aliphatic heterocycles. The molecule has 0 amide bonds. The van der Waals surface area contributed by atoms with Crippen LogP contribution in [-0.4, -0.2) is 16.4 Å². The van der Waals surface area contributed by atoms with Crippen LogP contribution in [0.4, 0.5) is 0 Å². The van der Waals surface area contributed by atoms with E-state index in [0.29, 0.717) is 12.2 Å². The van der Waals surface area contributed by atoms with Gasteiger partial charge >= 0.3 is 0 Å². The van der Waals surface area contributed by atoms with E-state index in [1.54, 1.807) is 24.5 Å². The molecule has 4 heteroatoms. The molecule has 0 N–H and O–H groups in total. The topological polar surface area (TPSA) is 52.1 Å². The van der Waals surface area contributed by atoms with Gasteiger partial charge in [-0.1, -0.05) is 12.1 Å². The lowest BCUT2D eigenvalue weighted by Gasteiger charge is -2.02. The van der Waals surface area contributed by atoms with Crippen molar-refractivity contribution < 1.29 is 9.53 Å². The average Bonchev–Trinajstić information content (AvgIpc) is 2.32. The number of ether oxygens (including phenoxy) is 1. The zero-order valence-electron chi connectivity index (χ0n) is 8.75. The summed E-state index contributed by atoms with van der Waals surface area (Å²) in [5.41, 5.74) is 1.92. The number of aryl methyl sites for hydroxylation is 1. The minimum absolute atomic E-state index is 0.407. The first-order valence-corrected chi connectivity index (χ1v) is 4.79. The molecule has 0 saturated carbocycles. The molecule has 0 saturated heterocycles. The van der Waals surface area contributed by atoms with E-state index < -0.39 is 0 Å². The second kappa shape index (κ2) is 4.53. The van der Waals surface area contributed by atoms with E-state index in [1.165, 1.54) is 0 Å². The van der Waals surface area contributed by atoms with Gasteiger partial charge in [-0.25, -0.2) is 9.97 Å². The van der Waals surface area contributed by atoms with Crippen molar-refractivity contribution in [2.45, 2.75) is 6.92 Å². The first-order valence-electron chi connectivity index (χ1n) is 4.79.